The van der Waals surface area contributed by atoms with Gasteiger partial charge in [-0.3, -0.25) is 4.79 Å². The molecule has 4 nitrogen and oxygen atoms in total. The average Bonchev–Trinajstić information content (AvgIpc) is 2.46. The number of hydrogen-bond acceptors (Lipinski definition) is 3. The highest BCUT2D eigenvalue weighted by atomic mass is 16.2. The lowest BCUT2D eigenvalue weighted by atomic mass is 9.99. The van der Waals surface area contributed by atoms with Crippen molar-refractivity contribution in [3.63, 3.8) is 0 Å². The average molecular weight is 275 g/mol. The predicted octanol–water partition coefficient (Wildman–Crippen LogP) is 1.81. The number of fused-ring (bicyclic) bond motifs is 1. The van der Waals surface area contributed by atoms with Gasteiger partial charge in [-0.1, -0.05) is 19.1 Å². The lowest BCUT2D eigenvalue weighted by Gasteiger charge is -2.31. The number of hydrogen-bond donors (Lipinski definition) is 2. The molecule has 0 saturated carbocycles. The van der Waals surface area contributed by atoms with Gasteiger partial charge < -0.3 is 16.0 Å². The Labute approximate surface area is 121 Å². The summed E-state index contributed by atoms with van der Waals surface area (Å²) in [5.41, 5.74) is 9.36. The smallest absolute Gasteiger partial charge is 0.239 e. The Bertz CT molecular complexity index is 473. The molecule has 20 heavy (non-hydrogen) atoms. The maximum atomic E-state index is 12.0. The molecule has 1 aliphatic rings. The van der Waals surface area contributed by atoms with Crippen LogP contribution in [0.25, 0.3) is 0 Å². The molecule has 1 amide bonds. The molecule has 0 bridgehead atoms. The zero-order valence-electron chi connectivity index (χ0n) is 12.5. The second-order valence-corrected chi connectivity index (χ2v) is 5.57. The number of nitrogens with one attached hydrogen (secondary N) is 1. The van der Waals surface area contributed by atoms with E-state index in [-0.39, 0.29) is 11.9 Å². The van der Waals surface area contributed by atoms with Crippen molar-refractivity contribution in [3.05, 3.63) is 29.3 Å². The van der Waals surface area contributed by atoms with E-state index in [1.807, 2.05) is 6.92 Å². The van der Waals surface area contributed by atoms with Crippen molar-refractivity contribution in [3.8, 4) is 0 Å². The van der Waals surface area contributed by atoms with Gasteiger partial charge in [-0.15, -0.1) is 0 Å². The molecule has 1 aromatic rings. The van der Waals surface area contributed by atoms with Gasteiger partial charge in [0.2, 0.25) is 5.91 Å². The maximum Gasteiger partial charge on any atom is 0.239 e. The molecule has 0 fully saturated rings. The lowest BCUT2D eigenvalue weighted by molar-refractivity contribution is -0.120. The van der Waals surface area contributed by atoms with Crippen LogP contribution in [0.3, 0.4) is 0 Å². The highest BCUT2D eigenvalue weighted by molar-refractivity contribution is 5.82. The molecule has 1 aliphatic heterocycles. The number of amides is 1. The fraction of sp³-hybridized carbons (Fsp3) is 0.562. The van der Waals surface area contributed by atoms with Crippen LogP contribution in [0.1, 0.15) is 37.8 Å². The van der Waals surface area contributed by atoms with Gasteiger partial charge >= 0.3 is 0 Å². The molecule has 0 spiro atoms. The summed E-state index contributed by atoms with van der Waals surface area (Å²) in [6.07, 6.45) is 3.13. The quantitative estimate of drug-likeness (QED) is 0.861. The number of aryl methyl sites for hydroxylation is 1. The molecule has 1 heterocycles. The molecule has 1 aromatic carbocycles. The van der Waals surface area contributed by atoms with E-state index in [0.717, 1.165) is 31.4 Å². The number of anilines is 1. The summed E-state index contributed by atoms with van der Waals surface area (Å²) < 4.78 is 0. The fourth-order valence-electron chi connectivity index (χ4n) is 2.62. The number of carbonyl (C=O) groups excluding carboxylic acids is 1. The third-order valence-electron chi connectivity index (χ3n) is 3.95. The van der Waals surface area contributed by atoms with Crippen molar-refractivity contribution in [2.24, 2.45) is 5.73 Å². The zero-order valence-corrected chi connectivity index (χ0v) is 12.5. The Morgan fingerprint density at radius 1 is 1.50 bits per heavy atom. The Morgan fingerprint density at radius 2 is 2.30 bits per heavy atom. The molecule has 3 N–H and O–H groups in total. The van der Waals surface area contributed by atoms with E-state index in [0.29, 0.717) is 13.1 Å². The second kappa shape index (κ2) is 6.75. The lowest BCUT2D eigenvalue weighted by Crippen LogP contribution is -2.42. The summed E-state index contributed by atoms with van der Waals surface area (Å²) in [5, 5.41) is 3.03. The van der Waals surface area contributed by atoms with Crippen molar-refractivity contribution >= 4 is 11.6 Å². The number of carbonyl (C=O) groups is 1. The van der Waals surface area contributed by atoms with E-state index in [1.165, 1.54) is 11.3 Å². The summed E-state index contributed by atoms with van der Waals surface area (Å²) in [6.45, 7) is 6.08. The molecule has 2 rings (SSSR count). The molecule has 0 radical (unpaired) electrons. The Balaban J connectivity index is 2.06. The van der Waals surface area contributed by atoms with Crippen molar-refractivity contribution < 1.29 is 4.79 Å². The maximum absolute atomic E-state index is 12.0. The molecule has 4 heteroatoms. The summed E-state index contributed by atoms with van der Waals surface area (Å²) >= 11 is 0. The molecule has 0 saturated heterocycles. The highest BCUT2D eigenvalue weighted by Gasteiger charge is 2.19. The molecular weight excluding hydrogens is 250 g/mol. The summed E-state index contributed by atoms with van der Waals surface area (Å²) in [7, 11) is 0. The molecule has 0 aromatic heterocycles. The van der Waals surface area contributed by atoms with Gasteiger partial charge in [0.05, 0.1) is 6.54 Å². The SMILES string of the molecule is CCC(C)NC(=O)CN1CCCc2cc(CN)ccc21. The van der Waals surface area contributed by atoms with Crippen LogP contribution in [-0.4, -0.2) is 25.0 Å². The monoisotopic (exact) mass is 275 g/mol. The highest BCUT2D eigenvalue weighted by Crippen LogP contribution is 2.27. The summed E-state index contributed by atoms with van der Waals surface area (Å²) in [5.74, 6) is 0.107. The van der Waals surface area contributed by atoms with Crippen LogP contribution in [0.4, 0.5) is 5.69 Å². The number of nitrogens with zero attached hydrogens (tertiary/aromatic N) is 1. The van der Waals surface area contributed by atoms with Crippen molar-refractivity contribution in [1.82, 2.24) is 5.32 Å². The number of nitrogens with two attached hydrogens (primary N) is 1. The summed E-state index contributed by atoms with van der Waals surface area (Å²) in [6, 6.07) is 6.58. The first kappa shape index (κ1) is 14.9. The van der Waals surface area contributed by atoms with E-state index < -0.39 is 0 Å². The van der Waals surface area contributed by atoms with Crippen molar-refractivity contribution in [2.45, 2.75) is 45.7 Å². The van der Waals surface area contributed by atoms with E-state index in [1.54, 1.807) is 0 Å². The largest absolute Gasteiger partial charge is 0.362 e. The normalized spacial score (nSPS) is 15.7. The van der Waals surface area contributed by atoms with Crippen LogP contribution in [0.2, 0.25) is 0 Å². The molecule has 0 aliphatic carbocycles. The van der Waals surface area contributed by atoms with Crippen molar-refractivity contribution in [1.29, 1.82) is 0 Å². The van der Waals surface area contributed by atoms with Gasteiger partial charge in [-0.25, -0.2) is 0 Å². The minimum absolute atomic E-state index is 0.107. The zero-order chi connectivity index (χ0) is 14.5. The Hall–Kier alpha value is -1.55. The molecule has 110 valence electrons. The fourth-order valence-corrected chi connectivity index (χ4v) is 2.62. The standard InChI is InChI=1S/C16H25N3O/c1-3-12(2)18-16(20)11-19-8-4-5-14-9-13(10-17)6-7-15(14)19/h6-7,9,12H,3-5,8,10-11,17H2,1-2H3,(H,18,20). The topological polar surface area (TPSA) is 58.4 Å². The summed E-state index contributed by atoms with van der Waals surface area (Å²) in [4.78, 5) is 14.2. The molecule has 1 atom stereocenters. The van der Waals surface area contributed by atoms with Crippen LogP contribution in [0.5, 0.6) is 0 Å². The van der Waals surface area contributed by atoms with E-state index >= 15 is 0 Å². The minimum atomic E-state index is 0.107. The third kappa shape index (κ3) is 3.51. The van der Waals surface area contributed by atoms with Gasteiger partial charge in [-0.2, -0.15) is 0 Å². The van der Waals surface area contributed by atoms with Gasteiger partial charge in [0.25, 0.3) is 0 Å². The minimum Gasteiger partial charge on any atom is -0.362 e. The van der Waals surface area contributed by atoms with Crippen molar-refractivity contribution in [2.75, 3.05) is 18.0 Å². The molecular formula is C16H25N3O. The van der Waals surface area contributed by atoms with Crippen LogP contribution < -0.4 is 16.0 Å². The van der Waals surface area contributed by atoms with Crippen LogP contribution in [0.15, 0.2) is 18.2 Å². The van der Waals surface area contributed by atoms with E-state index in [9.17, 15) is 4.79 Å². The van der Waals surface area contributed by atoms with Gasteiger partial charge in [0.1, 0.15) is 0 Å². The first-order valence-corrected chi connectivity index (χ1v) is 7.50. The van der Waals surface area contributed by atoms with Gasteiger partial charge in [-0.05, 0) is 43.4 Å². The van der Waals surface area contributed by atoms with E-state index in [4.69, 9.17) is 5.73 Å². The first-order valence-electron chi connectivity index (χ1n) is 7.50. The van der Waals surface area contributed by atoms with Crippen LogP contribution >= 0.6 is 0 Å². The second-order valence-electron chi connectivity index (χ2n) is 5.57. The van der Waals surface area contributed by atoms with E-state index in [2.05, 4.69) is 35.3 Å². The first-order chi connectivity index (χ1) is 9.63. The van der Waals surface area contributed by atoms with Crippen LogP contribution in [0, 0.1) is 0 Å². The predicted molar refractivity (Wildman–Crippen MR) is 82.8 cm³/mol. The Morgan fingerprint density at radius 3 is 3.00 bits per heavy atom. The number of benzene rings is 1. The van der Waals surface area contributed by atoms with Gasteiger partial charge in [0, 0.05) is 24.8 Å². The van der Waals surface area contributed by atoms with Crippen LogP contribution in [-0.2, 0) is 17.8 Å². The number of rotatable bonds is 5. The van der Waals surface area contributed by atoms with Gasteiger partial charge in [0.15, 0.2) is 0 Å². The third-order valence-corrected chi connectivity index (χ3v) is 3.95. The molecule has 1 unspecified atom stereocenters. The Kier molecular flexibility index (Phi) is 5.01.